The number of benzene rings is 1. The van der Waals surface area contributed by atoms with Crippen LogP contribution < -0.4 is 0 Å². The van der Waals surface area contributed by atoms with Crippen molar-refractivity contribution in [2.24, 2.45) is 0 Å². The molecular formula is C16H19NO2. The number of carboxylic acids is 1. The van der Waals surface area contributed by atoms with Crippen LogP contribution in [0.5, 0.6) is 0 Å². The van der Waals surface area contributed by atoms with Gasteiger partial charge in [0.25, 0.3) is 0 Å². The molecule has 1 aromatic carbocycles. The highest BCUT2D eigenvalue weighted by atomic mass is 16.4. The van der Waals surface area contributed by atoms with Gasteiger partial charge in [0.1, 0.15) is 0 Å². The molecule has 0 atom stereocenters. The maximum atomic E-state index is 10.9. The van der Waals surface area contributed by atoms with Crippen molar-refractivity contribution in [3.05, 3.63) is 52.3 Å². The van der Waals surface area contributed by atoms with Crippen LogP contribution in [0.2, 0.25) is 0 Å². The van der Waals surface area contributed by atoms with Gasteiger partial charge in [-0.05, 0) is 62.6 Å². The van der Waals surface area contributed by atoms with Crippen LogP contribution in [0.15, 0.2) is 24.3 Å². The van der Waals surface area contributed by atoms with E-state index < -0.39 is 5.97 Å². The SMILES string of the molecule is Cc1ccc(-n2c(C)cc(CC(=O)O)c2C)cc1C. The van der Waals surface area contributed by atoms with Crippen molar-refractivity contribution in [1.82, 2.24) is 4.57 Å². The van der Waals surface area contributed by atoms with E-state index in [4.69, 9.17) is 5.11 Å². The summed E-state index contributed by atoms with van der Waals surface area (Å²) in [4.78, 5) is 10.9. The third-order valence-corrected chi connectivity index (χ3v) is 3.63. The van der Waals surface area contributed by atoms with E-state index in [1.54, 1.807) is 0 Å². The minimum absolute atomic E-state index is 0.0739. The number of aliphatic carboxylic acids is 1. The fourth-order valence-electron chi connectivity index (χ4n) is 2.43. The van der Waals surface area contributed by atoms with Gasteiger partial charge in [-0.1, -0.05) is 6.07 Å². The summed E-state index contributed by atoms with van der Waals surface area (Å²) in [5.74, 6) is -0.791. The Morgan fingerprint density at radius 3 is 2.37 bits per heavy atom. The van der Waals surface area contributed by atoms with Crippen molar-refractivity contribution in [1.29, 1.82) is 0 Å². The number of aryl methyl sites for hydroxylation is 3. The summed E-state index contributed by atoms with van der Waals surface area (Å²) in [5.41, 5.74) is 6.54. The number of rotatable bonds is 3. The Hall–Kier alpha value is -2.03. The van der Waals surface area contributed by atoms with Gasteiger partial charge in [-0.15, -0.1) is 0 Å². The predicted octanol–water partition coefficient (Wildman–Crippen LogP) is 3.34. The maximum Gasteiger partial charge on any atom is 0.307 e. The smallest absolute Gasteiger partial charge is 0.307 e. The highest BCUT2D eigenvalue weighted by Gasteiger charge is 2.13. The van der Waals surface area contributed by atoms with Gasteiger partial charge in [0.05, 0.1) is 6.42 Å². The molecule has 2 rings (SSSR count). The predicted molar refractivity (Wildman–Crippen MR) is 76.1 cm³/mol. The standard InChI is InChI=1S/C16H19NO2/c1-10-5-6-15(7-11(10)2)17-12(3)8-14(13(17)4)9-16(18)19/h5-8H,9H2,1-4H3,(H,18,19). The van der Waals surface area contributed by atoms with Gasteiger partial charge in [0.15, 0.2) is 0 Å². The van der Waals surface area contributed by atoms with Gasteiger partial charge >= 0.3 is 5.97 Å². The summed E-state index contributed by atoms with van der Waals surface area (Å²) in [6, 6.07) is 8.27. The van der Waals surface area contributed by atoms with Gasteiger partial charge in [-0.25, -0.2) is 0 Å². The highest BCUT2D eigenvalue weighted by molar-refractivity contribution is 5.71. The average molecular weight is 257 g/mol. The molecule has 1 aromatic heterocycles. The monoisotopic (exact) mass is 257 g/mol. The summed E-state index contributed by atoms with van der Waals surface area (Å²) in [7, 11) is 0. The van der Waals surface area contributed by atoms with Crippen molar-refractivity contribution in [2.45, 2.75) is 34.1 Å². The van der Waals surface area contributed by atoms with E-state index in [1.165, 1.54) is 11.1 Å². The van der Waals surface area contributed by atoms with Crippen molar-refractivity contribution in [3.8, 4) is 5.69 Å². The Morgan fingerprint density at radius 1 is 1.11 bits per heavy atom. The molecular weight excluding hydrogens is 238 g/mol. The molecule has 19 heavy (non-hydrogen) atoms. The first-order chi connectivity index (χ1) is 8.90. The lowest BCUT2D eigenvalue weighted by molar-refractivity contribution is -0.136. The first-order valence-corrected chi connectivity index (χ1v) is 6.37. The van der Waals surface area contributed by atoms with Crippen LogP contribution in [0.1, 0.15) is 28.1 Å². The quantitative estimate of drug-likeness (QED) is 0.916. The van der Waals surface area contributed by atoms with Gasteiger partial charge in [0.2, 0.25) is 0 Å². The van der Waals surface area contributed by atoms with E-state index in [1.807, 2.05) is 19.9 Å². The molecule has 0 bridgehead atoms. The maximum absolute atomic E-state index is 10.9. The average Bonchev–Trinajstić information content (AvgIpc) is 2.58. The third kappa shape index (κ3) is 2.55. The van der Waals surface area contributed by atoms with Crippen LogP contribution in [0.3, 0.4) is 0 Å². The first kappa shape index (κ1) is 13.4. The molecule has 3 heteroatoms. The van der Waals surface area contributed by atoms with Crippen LogP contribution in [0.25, 0.3) is 5.69 Å². The van der Waals surface area contributed by atoms with E-state index >= 15 is 0 Å². The Labute approximate surface area is 113 Å². The largest absolute Gasteiger partial charge is 0.481 e. The molecule has 0 radical (unpaired) electrons. The summed E-state index contributed by atoms with van der Waals surface area (Å²) in [5, 5.41) is 8.93. The van der Waals surface area contributed by atoms with Gasteiger partial charge < -0.3 is 9.67 Å². The lowest BCUT2D eigenvalue weighted by atomic mass is 10.1. The van der Waals surface area contributed by atoms with Gasteiger partial charge in [0, 0.05) is 17.1 Å². The van der Waals surface area contributed by atoms with Crippen LogP contribution in [0, 0.1) is 27.7 Å². The number of nitrogens with zero attached hydrogens (tertiary/aromatic N) is 1. The van der Waals surface area contributed by atoms with Crippen molar-refractivity contribution >= 4 is 5.97 Å². The summed E-state index contributed by atoms with van der Waals surface area (Å²) in [6.07, 6.45) is 0.0739. The fourth-order valence-corrected chi connectivity index (χ4v) is 2.43. The van der Waals surface area contributed by atoms with Crippen LogP contribution in [-0.2, 0) is 11.2 Å². The molecule has 0 unspecified atom stereocenters. The highest BCUT2D eigenvalue weighted by Crippen LogP contribution is 2.22. The Balaban J connectivity index is 2.52. The summed E-state index contributed by atoms with van der Waals surface area (Å²) < 4.78 is 2.12. The Bertz CT molecular complexity index is 638. The molecule has 1 N–H and O–H groups in total. The summed E-state index contributed by atoms with van der Waals surface area (Å²) in [6.45, 7) is 8.16. The topological polar surface area (TPSA) is 42.2 Å². The molecule has 0 aliphatic heterocycles. The molecule has 1 heterocycles. The van der Waals surface area contributed by atoms with Crippen molar-refractivity contribution < 1.29 is 9.90 Å². The number of carboxylic acid groups (broad SMARTS) is 1. The lowest BCUT2D eigenvalue weighted by Crippen LogP contribution is -2.03. The van der Waals surface area contributed by atoms with Gasteiger partial charge in [-0.2, -0.15) is 0 Å². The number of carbonyl (C=O) groups is 1. The molecule has 0 aliphatic rings. The van der Waals surface area contributed by atoms with Gasteiger partial charge in [-0.3, -0.25) is 4.79 Å². The fraction of sp³-hybridized carbons (Fsp3) is 0.312. The number of aromatic nitrogens is 1. The molecule has 100 valence electrons. The van der Waals surface area contributed by atoms with Crippen molar-refractivity contribution in [3.63, 3.8) is 0 Å². The van der Waals surface area contributed by atoms with E-state index in [-0.39, 0.29) is 6.42 Å². The molecule has 0 amide bonds. The second-order valence-electron chi connectivity index (χ2n) is 5.07. The minimum Gasteiger partial charge on any atom is -0.481 e. The Kier molecular flexibility index (Phi) is 3.47. The molecule has 0 spiro atoms. The molecule has 2 aromatic rings. The second kappa shape index (κ2) is 4.92. The molecule has 0 saturated carbocycles. The number of hydrogen-bond acceptors (Lipinski definition) is 1. The summed E-state index contributed by atoms with van der Waals surface area (Å²) >= 11 is 0. The van der Waals surface area contributed by atoms with Crippen LogP contribution in [-0.4, -0.2) is 15.6 Å². The molecule has 0 aliphatic carbocycles. The normalized spacial score (nSPS) is 10.7. The minimum atomic E-state index is -0.791. The number of hydrogen-bond donors (Lipinski definition) is 1. The van der Waals surface area contributed by atoms with E-state index in [9.17, 15) is 4.79 Å². The molecule has 0 fully saturated rings. The zero-order valence-electron chi connectivity index (χ0n) is 11.8. The van der Waals surface area contributed by atoms with E-state index in [0.29, 0.717) is 0 Å². The molecule has 3 nitrogen and oxygen atoms in total. The van der Waals surface area contributed by atoms with Crippen molar-refractivity contribution in [2.75, 3.05) is 0 Å². The lowest BCUT2D eigenvalue weighted by Gasteiger charge is -2.12. The first-order valence-electron chi connectivity index (χ1n) is 6.37. The molecule has 0 saturated heterocycles. The zero-order chi connectivity index (χ0) is 14.2. The third-order valence-electron chi connectivity index (χ3n) is 3.63. The second-order valence-corrected chi connectivity index (χ2v) is 5.07. The van der Waals surface area contributed by atoms with Crippen LogP contribution in [0.4, 0.5) is 0 Å². The zero-order valence-corrected chi connectivity index (χ0v) is 11.8. The van der Waals surface area contributed by atoms with Crippen LogP contribution >= 0.6 is 0 Å². The van der Waals surface area contributed by atoms with E-state index in [0.717, 1.165) is 22.6 Å². The van der Waals surface area contributed by atoms with E-state index in [2.05, 4.69) is 36.6 Å². The Morgan fingerprint density at radius 2 is 1.79 bits per heavy atom.